The Morgan fingerprint density at radius 2 is 2.18 bits per heavy atom. The van der Waals surface area contributed by atoms with Gasteiger partial charge in [-0.2, -0.15) is 4.80 Å². The van der Waals surface area contributed by atoms with E-state index in [4.69, 9.17) is 11.5 Å². The van der Waals surface area contributed by atoms with E-state index in [-0.39, 0.29) is 5.95 Å². The van der Waals surface area contributed by atoms with Gasteiger partial charge in [-0.1, -0.05) is 5.10 Å². The molecule has 5 N–H and O–H groups in total. The number of nitrogens with two attached hydrogens (primary N) is 2. The molecule has 1 aromatic carbocycles. The number of tetrazole rings is 1. The third kappa shape index (κ3) is 2.30. The summed E-state index contributed by atoms with van der Waals surface area (Å²) >= 11 is 0. The molecule has 17 heavy (non-hydrogen) atoms. The zero-order valence-corrected chi connectivity index (χ0v) is 9.08. The van der Waals surface area contributed by atoms with Crippen LogP contribution in [0.1, 0.15) is 10.4 Å². The van der Waals surface area contributed by atoms with E-state index in [2.05, 4.69) is 20.7 Å². The highest BCUT2D eigenvalue weighted by molar-refractivity contribution is 6.07. The van der Waals surface area contributed by atoms with E-state index in [1.807, 2.05) is 0 Å². The number of carbonyl (C=O) groups is 1. The first-order valence-electron chi connectivity index (χ1n) is 4.76. The second kappa shape index (κ2) is 4.08. The molecular formula is C9H11N7O. The summed E-state index contributed by atoms with van der Waals surface area (Å²) in [6.45, 7) is 0. The Hall–Kier alpha value is -2.64. The van der Waals surface area contributed by atoms with Gasteiger partial charge in [0.25, 0.3) is 11.9 Å². The van der Waals surface area contributed by atoms with Crippen LogP contribution in [0, 0.1) is 0 Å². The molecule has 0 unspecified atom stereocenters. The molecule has 0 saturated carbocycles. The Morgan fingerprint density at radius 3 is 2.76 bits per heavy atom. The van der Waals surface area contributed by atoms with Crippen LogP contribution in [0.15, 0.2) is 18.2 Å². The summed E-state index contributed by atoms with van der Waals surface area (Å²) in [7, 11) is 1.60. The highest BCUT2D eigenvalue weighted by Gasteiger charge is 2.12. The summed E-state index contributed by atoms with van der Waals surface area (Å²) < 4.78 is 0. The summed E-state index contributed by atoms with van der Waals surface area (Å²) in [6.07, 6.45) is 0. The Balaban J connectivity index is 2.20. The Morgan fingerprint density at radius 1 is 1.41 bits per heavy atom. The molecule has 0 bridgehead atoms. The topological polar surface area (TPSA) is 125 Å². The van der Waals surface area contributed by atoms with Crippen molar-refractivity contribution in [3.8, 4) is 0 Å². The molecule has 1 heterocycles. The quantitative estimate of drug-likeness (QED) is 0.607. The number of nitrogens with one attached hydrogen (secondary N) is 1. The number of carbonyl (C=O) groups excluding carboxylic acids is 1. The zero-order chi connectivity index (χ0) is 12.4. The van der Waals surface area contributed by atoms with Crippen LogP contribution in [0.2, 0.25) is 0 Å². The van der Waals surface area contributed by atoms with Crippen molar-refractivity contribution in [1.82, 2.24) is 20.2 Å². The van der Waals surface area contributed by atoms with Gasteiger partial charge in [-0.05, 0) is 23.4 Å². The Labute approximate surface area is 96.6 Å². The molecule has 2 rings (SSSR count). The van der Waals surface area contributed by atoms with Crippen molar-refractivity contribution in [3.05, 3.63) is 23.8 Å². The number of aromatic nitrogens is 4. The molecule has 0 fully saturated rings. The fourth-order valence-electron chi connectivity index (χ4n) is 1.29. The highest BCUT2D eigenvalue weighted by Crippen LogP contribution is 2.16. The van der Waals surface area contributed by atoms with Crippen molar-refractivity contribution < 1.29 is 4.79 Å². The summed E-state index contributed by atoms with van der Waals surface area (Å²) in [5.74, 6) is -0.288. The van der Waals surface area contributed by atoms with E-state index in [1.54, 1.807) is 13.1 Å². The van der Waals surface area contributed by atoms with Crippen molar-refractivity contribution >= 4 is 23.2 Å². The minimum absolute atomic E-state index is 0.119. The Bertz CT molecular complexity index is 562. The van der Waals surface area contributed by atoms with Crippen LogP contribution in [0.25, 0.3) is 0 Å². The first-order valence-corrected chi connectivity index (χ1v) is 4.76. The van der Waals surface area contributed by atoms with E-state index >= 15 is 0 Å². The molecule has 0 radical (unpaired) electrons. The fraction of sp³-hybridized carbons (Fsp3) is 0.111. The molecule has 0 aliphatic carbocycles. The lowest BCUT2D eigenvalue weighted by Crippen LogP contribution is -2.15. The normalized spacial score (nSPS) is 10.2. The maximum absolute atomic E-state index is 11.8. The van der Waals surface area contributed by atoms with Gasteiger partial charge >= 0.3 is 0 Å². The van der Waals surface area contributed by atoms with Crippen LogP contribution < -0.4 is 16.8 Å². The van der Waals surface area contributed by atoms with Crippen molar-refractivity contribution in [2.45, 2.75) is 0 Å². The van der Waals surface area contributed by atoms with Gasteiger partial charge in [0.15, 0.2) is 0 Å². The number of rotatable bonds is 2. The predicted molar refractivity (Wildman–Crippen MR) is 62.0 cm³/mol. The van der Waals surface area contributed by atoms with Crippen LogP contribution in [0.5, 0.6) is 0 Å². The van der Waals surface area contributed by atoms with Crippen LogP contribution in [0.4, 0.5) is 17.3 Å². The molecule has 0 spiro atoms. The fourth-order valence-corrected chi connectivity index (χ4v) is 1.29. The molecule has 2 aromatic rings. The van der Waals surface area contributed by atoms with Gasteiger partial charge in [-0.15, -0.1) is 5.10 Å². The first-order chi connectivity index (χ1) is 8.06. The lowest BCUT2D eigenvalue weighted by molar-refractivity contribution is 0.102. The zero-order valence-electron chi connectivity index (χ0n) is 9.08. The number of hydrogen-bond acceptors (Lipinski definition) is 6. The minimum atomic E-state index is -0.407. The highest BCUT2D eigenvalue weighted by atomic mass is 16.1. The molecule has 0 aliphatic rings. The van der Waals surface area contributed by atoms with Crippen LogP contribution in [-0.2, 0) is 7.05 Å². The third-order valence-electron chi connectivity index (χ3n) is 2.05. The van der Waals surface area contributed by atoms with Gasteiger partial charge in [0.05, 0.1) is 12.6 Å². The minimum Gasteiger partial charge on any atom is -0.399 e. The second-order valence-corrected chi connectivity index (χ2v) is 3.40. The average molecular weight is 233 g/mol. The van der Waals surface area contributed by atoms with Gasteiger partial charge in [-0.25, -0.2) is 0 Å². The maximum Gasteiger partial charge on any atom is 0.270 e. The smallest absolute Gasteiger partial charge is 0.270 e. The van der Waals surface area contributed by atoms with Gasteiger partial charge < -0.3 is 11.5 Å². The molecule has 0 saturated heterocycles. The lowest BCUT2D eigenvalue weighted by atomic mass is 10.1. The number of benzene rings is 1. The van der Waals surface area contributed by atoms with Crippen molar-refractivity contribution in [1.29, 1.82) is 0 Å². The van der Waals surface area contributed by atoms with E-state index in [0.29, 0.717) is 16.9 Å². The largest absolute Gasteiger partial charge is 0.399 e. The lowest BCUT2D eigenvalue weighted by Gasteiger charge is -2.05. The van der Waals surface area contributed by atoms with Gasteiger partial charge in [0, 0.05) is 11.4 Å². The summed E-state index contributed by atoms with van der Waals surface area (Å²) in [4.78, 5) is 13.0. The standard InChI is InChI=1S/C9H11N7O/c1-16-14-9(13-15-16)12-8(17)6-3-2-5(10)4-7(6)11/h2-4H,10-11H2,1H3,(H,12,14,17). The third-order valence-corrected chi connectivity index (χ3v) is 2.05. The van der Waals surface area contributed by atoms with Gasteiger partial charge in [0.2, 0.25) is 0 Å². The molecular weight excluding hydrogens is 222 g/mol. The van der Waals surface area contributed by atoms with Crippen LogP contribution in [-0.4, -0.2) is 26.1 Å². The number of aryl methyl sites for hydroxylation is 1. The number of nitrogens with zero attached hydrogens (tertiary/aromatic N) is 4. The van der Waals surface area contributed by atoms with E-state index in [1.165, 1.54) is 16.9 Å². The van der Waals surface area contributed by atoms with Crippen molar-refractivity contribution in [2.24, 2.45) is 7.05 Å². The van der Waals surface area contributed by atoms with Gasteiger partial charge in [-0.3, -0.25) is 10.1 Å². The number of hydrogen-bond donors (Lipinski definition) is 3. The molecule has 0 atom stereocenters. The molecule has 1 aromatic heterocycles. The summed E-state index contributed by atoms with van der Waals surface area (Å²) in [6, 6.07) is 4.64. The molecule has 8 heteroatoms. The molecule has 0 aliphatic heterocycles. The van der Waals surface area contributed by atoms with Crippen LogP contribution >= 0.6 is 0 Å². The monoisotopic (exact) mass is 233 g/mol. The number of nitrogen functional groups attached to an aromatic ring is 2. The molecule has 1 amide bonds. The summed E-state index contributed by atoms with van der Waals surface area (Å²) in [5, 5.41) is 13.5. The molecule has 88 valence electrons. The number of anilines is 3. The van der Waals surface area contributed by atoms with E-state index in [9.17, 15) is 4.79 Å². The van der Waals surface area contributed by atoms with Gasteiger partial charge in [0.1, 0.15) is 0 Å². The van der Waals surface area contributed by atoms with Crippen LogP contribution in [0.3, 0.4) is 0 Å². The van der Waals surface area contributed by atoms with E-state index in [0.717, 1.165) is 0 Å². The van der Waals surface area contributed by atoms with Crippen molar-refractivity contribution in [2.75, 3.05) is 16.8 Å². The SMILES string of the molecule is Cn1nnc(NC(=O)c2ccc(N)cc2N)n1. The second-order valence-electron chi connectivity index (χ2n) is 3.40. The predicted octanol–water partition coefficient (Wildman–Crippen LogP) is -0.373. The van der Waals surface area contributed by atoms with Crippen molar-refractivity contribution in [3.63, 3.8) is 0 Å². The van der Waals surface area contributed by atoms with E-state index < -0.39 is 5.91 Å². The first kappa shape index (κ1) is 10.9. The maximum atomic E-state index is 11.8. The Kier molecular flexibility index (Phi) is 2.61. The number of amides is 1. The average Bonchev–Trinajstić information content (AvgIpc) is 2.63. The summed E-state index contributed by atoms with van der Waals surface area (Å²) in [5.41, 5.74) is 12.3. The molecule has 8 nitrogen and oxygen atoms in total.